The largest absolute Gasteiger partial charge is 0.298 e. The highest BCUT2D eigenvalue weighted by atomic mass is 35.5. The Morgan fingerprint density at radius 3 is 2.77 bits per heavy atom. The summed E-state index contributed by atoms with van der Waals surface area (Å²) in [5.74, 6) is -0.000977. The molecule has 1 rings (SSSR count). The molecular formula is C9H8Cl2OS. The Kier molecular flexibility index (Phi) is 4.10. The van der Waals surface area contributed by atoms with E-state index in [1.165, 1.54) is 0 Å². The van der Waals surface area contributed by atoms with Gasteiger partial charge in [-0.2, -0.15) is 0 Å². The van der Waals surface area contributed by atoms with Crippen LogP contribution in [-0.2, 0) is 11.2 Å². The maximum atomic E-state index is 11.0. The molecule has 0 aliphatic rings. The average molecular weight is 235 g/mol. The molecule has 0 unspecified atom stereocenters. The molecule has 13 heavy (non-hydrogen) atoms. The summed E-state index contributed by atoms with van der Waals surface area (Å²) in [6.45, 7) is 0. The van der Waals surface area contributed by atoms with Crippen LogP contribution >= 0.6 is 35.8 Å². The highest BCUT2D eigenvalue weighted by Crippen LogP contribution is 2.19. The summed E-state index contributed by atoms with van der Waals surface area (Å²) in [7, 11) is 0. The Morgan fingerprint density at radius 1 is 1.46 bits per heavy atom. The average Bonchev–Trinajstić information content (AvgIpc) is 2.11. The second-order valence-corrected chi connectivity index (χ2v) is 3.81. The second-order valence-electron chi connectivity index (χ2n) is 2.62. The summed E-state index contributed by atoms with van der Waals surface area (Å²) in [5, 5.41) is 0.607. The molecule has 0 atom stereocenters. The summed E-state index contributed by atoms with van der Waals surface area (Å²) in [6.07, 6.45) is 0.295. The SMILES string of the molecule is O=C(CCl)Cc1cc(Cl)ccc1S. The third-order valence-electron chi connectivity index (χ3n) is 1.58. The van der Waals surface area contributed by atoms with E-state index in [1.54, 1.807) is 18.2 Å². The molecule has 0 radical (unpaired) electrons. The predicted molar refractivity (Wildman–Crippen MR) is 58.1 cm³/mol. The summed E-state index contributed by atoms with van der Waals surface area (Å²) in [6, 6.07) is 5.23. The van der Waals surface area contributed by atoms with Gasteiger partial charge in [0.1, 0.15) is 0 Å². The van der Waals surface area contributed by atoms with Crippen LogP contribution < -0.4 is 0 Å². The van der Waals surface area contributed by atoms with Crippen molar-refractivity contribution < 1.29 is 4.79 Å². The van der Waals surface area contributed by atoms with Gasteiger partial charge in [0, 0.05) is 16.3 Å². The molecule has 0 amide bonds. The molecule has 1 aromatic rings. The van der Waals surface area contributed by atoms with Gasteiger partial charge in [-0.3, -0.25) is 4.79 Å². The number of thiol groups is 1. The van der Waals surface area contributed by atoms with Crippen LogP contribution in [0.2, 0.25) is 5.02 Å². The lowest BCUT2D eigenvalue weighted by Crippen LogP contribution is -2.04. The number of carbonyl (C=O) groups excluding carboxylic acids is 1. The van der Waals surface area contributed by atoms with E-state index in [-0.39, 0.29) is 11.7 Å². The Balaban J connectivity index is 2.87. The zero-order valence-corrected chi connectivity index (χ0v) is 9.16. The minimum Gasteiger partial charge on any atom is -0.298 e. The number of alkyl halides is 1. The molecule has 0 spiro atoms. The molecule has 70 valence electrons. The first-order valence-corrected chi connectivity index (χ1v) is 5.04. The van der Waals surface area contributed by atoms with Crippen LogP contribution in [-0.4, -0.2) is 11.7 Å². The molecule has 4 heteroatoms. The number of halogens is 2. The van der Waals surface area contributed by atoms with E-state index in [0.717, 1.165) is 10.5 Å². The Hall–Kier alpha value is -0.180. The molecule has 0 N–H and O–H groups in total. The summed E-state index contributed by atoms with van der Waals surface area (Å²) < 4.78 is 0. The number of hydrogen-bond donors (Lipinski definition) is 1. The van der Waals surface area contributed by atoms with Crippen molar-refractivity contribution >= 4 is 41.6 Å². The Bertz CT molecular complexity index is 325. The fourth-order valence-corrected chi connectivity index (χ4v) is 1.46. The fourth-order valence-electron chi connectivity index (χ4n) is 0.955. The molecule has 1 aromatic carbocycles. The van der Waals surface area contributed by atoms with Crippen LogP contribution in [0.3, 0.4) is 0 Å². The van der Waals surface area contributed by atoms with Crippen molar-refractivity contribution in [1.29, 1.82) is 0 Å². The van der Waals surface area contributed by atoms with Gasteiger partial charge in [-0.1, -0.05) is 11.6 Å². The summed E-state index contributed by atoms with van der Waals surface area (Å²) >= 11 is 15.4. The lowest BCUT2D eigenvalue weighted by molar-refractivity contribution is -0.116. The third-order valence-corrected chi connectivity index (χ3v) is 2.55. The van der Waals surface area contributed by atoms with Gasteiger partial charge in [-0.15, -0.1) is 24.2 Å². The number of rotatable bonds is 3. The second kappa shape index (κ2) is 4.89. The highest BCUT2D eigenvalue weighted by Gasteiger charge is 2.05. The molecule has 0 heterocycles. The van der Waals surface area contributed by atoms with Gasteiger partial charge in [-0.25, -0.2) is 0 Å². The van der Waals surface area contributed by atoms with E-state index in [4.69, 9.17) is 23.2 Å². The third kappa shape index (κ3) is 3.22. The van der Waals surface area contributed by atoms with E-state index in [2.05, 4.69) is 12.6 Å². The van der Waals surface area contributed by atoms with Crippen LogP contribution in [0.5, 0.6) is 0 Å². The van der Waals surface area contributed by atoms with Crippen LogP contribution in [0.25, 0.3) is 0 Å². The maximum Gasteiger partial charge on any atom is 0.151 e. The molecule has 0 aromatic heterocycles. The lowest BCUT2D eigenvalue weighted by atomic mass is 10.1. The van der Waals surface area contributed by atoms with Crippen molar-refractivity contribution in [2.75, 3.05) is 5.88 Å². The minimum absolute atomic E-state index is 0.0275. The van der Waals surface area contributed by atoms with Crippen molar-refractivity contribution in [2.45, 2.75) is 11.3 Å². The van der Waals surface area contributed by atoms with E-state index < -0.39 is 0 Å². The van der Waals surface area contributed by atoms with Crippen LogP contribution in [0.4, 0.5) is 0 Å². The van der Waals surface area contributed by atoms with Gasteiger partial charge in [0.2, 0.25) is 0 Å². The molecule has 0 aliphatic carbocycles. The van der Waals surface area contributed by atoms with Crippen LogP contribution in [0, 0.1) is 0 Å². The van der Waals surface area contributed by atoms with E-state index in [9.17, 15) is 4.79 Å². The number of hydrogen-bond acceptors (Lipinski definition) is 2. The van der Waals surface area contributed by atoms with Gasteiger partial charge in [0.15, 0.2) is 5.78 Å². The standard InChI is InChI=1S/C9H8Cl2OS/c10-5-8(12)4-6-3-7(11)1-2-9(6)13/h1-3,13H,4-5H2. The molecule has 0 aliphatic heterocycles. The first kappa shape index (κ1) is 10.9. The molecule has 0 bridgehead atoms. The van der Waals surface area contributed by atoms with Gasteiger partial charge in [0.25, 0.3) is 0 Å². The minimum atomic E-state index is -0.0285. The smallest absolute Gasteiger partial charge is 0.151 e. The summed E-state index contributed by atoms with van der Waals surface area (Å²) in [4.78, 5) is 11.8. The number of benzene rings is 1. The molecule has 1 nitrogen and oxygen atoms in total. The monoisotopic (exact) mass is 234 g/mol. The molecule has 0 saturated heterocycles. The zero-order valence-electron chi connectivity index (χ0n) is 6.76. The topological polar surface area (TPSA) is 17.1 Å². The van der Waals surface area contributed by atoms with Gasteiger partial charge in [0.05, 0.1) is 5.88 Å². The fraction of sp³-hybridized carbons (Fsp3) is 0.222. The predicted octanol–water partition coefficient (Wildman–Crippen LogP) is 2.98. The number of ketones is 1. The van der Waals surface area contributed by atoms with Crippen LogP contribution in [0.15, 0.2) is 23.1 Å². The first-order chi connectivity index (χ1) is 6.13. The van der Waals surface area contributed by atoms with Crippen LogP contribution in [0.1, 0.15) is 5.56 Å². The number of Topliss-reactive ketones (excluding diaryl/α,β-unsaturated/α-hetero) is 1. The van der Waals surface area contributed by atoms with E-state index in [0.29, 0.717) is 11.4 Å². The first-order valence-electron chi connectivity index (χ1n) is 3.68. The summed E-state index contributed by atoms with van der Waals surface area (Å²) in [5.41, 5.74) is 0.821. The lowest BCUT2D eigenvalue weighted by Gasteiger charge is -2.03. The van der Waals surface area contributed by atoms with E-state index in [1.807, 2.05) is 0 Å². The van der Waals surface area contributed by atoms with Crippen molar-refractivity contribution in [3.05, 3.63) is 28.8 Å². The maximum absolute atomic E-state index is 11.0. The van der Waals surface area contributed by atoms with Gasteiger partial charge in [-0.05, 0) is 23.8 Å². The van der Waals surface area contributed by atoms with E-state index >= 15 is 0 Å². The molecular weight excluding hydrogens is 227 g/mol. The number of carbonyl (C=O) groups is 1. The highest BCUT2D eigenvalue weighted by molar-refractivity contribution is 7.80. The van der Waals surface area contributed by atoms with Gasteiger partial charge >= 0.3 is 0 Å². The quantitative estimate of drug-likeness (QED) is 0.629. The normalized spacial score (nSPS) is 10.1. The zero-order chi connectivity index (χ0) is 9.84. The molecule has 0 fully saturated rings. The van der Waals surface area contributed by atoms with Gasteiger partial charge < -0.3 is 0 Å². The van der Waals surface area contributed by atoms with Crippen molar-refractivity contribution in [1.82, 2.24) is 0 Å². The van der Waals surface area contributed by atoms with Crippen molar-refractivity contribution in [2.24, 2.45) is 0 Å². The Labute approximate surface area is 92.4 Å². The molecule has 0 saturated carbocycles. The Morgan fingerprint density at radius 2 is 2.15 bits per heavy atom. The van der Waals surface area contributed by atoms with Crippen molar-refractivity contribution in [3.63, 3.8) is 0 Å². The van der Waals surface area contributed by atoms with Crippen molar-refractivity contribution in [3.8, 4) is 0 Å².